The van der Waals surface area contributed by atoms with Crippen molar-refractivity contribution in [3.63, 3.8) is 0 Å². The predicted molar refractivity (Wildman–Crippen MR) is 67.4 cm³/mol. The van der Waals surface area contributed by atoms with Crippen LogP contribution in [0, 0.1) is 13.8 Å². The van der Waals surface area contributed by atoms with Crippen molar-refractivity contribution < 1.29 is 13.5 Å². The van der Waals surface area contributed by atoms with Crippen LogP contribution in [0.4, 0.5) is 0 Å². The molecule has 0 bridgehead atoms. The molecular weight excluding hydrogens is 238 g/mol. The fourth-order valence-electron chi connectivity index (χ4n) is 1.39. The molecule has 1 unspecified atom stereocenters. The van der Waals surface area contributed by atoms with E-state index < -0.39 is 16.1 Å². The predicted octanol–water partition coefficient (Wildman–Crippen LogP) is 1.30. The maximum absolute atomic E-state index is 12.2. The van der Waals surface area contributed by atoms with E-state index in [1.807, 2.05) is 13.8 Å². The number of aliphatic hydroxyl groups is 1. The van der Waals surface area contributed by atoms with E-state index in [1.54, 1.807) is 25.1 Å². The molecule has 1 rings (SSSR count). The lowest BCUT2D eigenvalue weighted by Gasteiger charge is -2.22. The molecule has 1 atom stereocenters. The Morgan fingerprint density at radius 2 is 1.88 bits per heavy atom. The minimum absolute atomic E-state index is 0.194. The first-order valence-electron chi connectivity index (χ1n) is 5.47. The molecule has 0 aromatic heterocycles. The smallest absolute Gasteiger partial charge is 0.243 e. The summed E-state index contributed by atoms with van der Waals surface area (Å²) in [4.78, 5) is 0.267. The maximum atomic E-state index is 12.2. The highest BCUT2D eigenvalue weighted by Crippen LogP contribution is 2.19. The number of hydrogen-bond acceptors (Lipinski definition) is 3. The zero-order valence-corrected chi connectivity index (χ0v) is 11.5. The second-order valence-electron chi connectivity index (χ2n) is 4.30. The van der Waals surface area contributed by atoms with Gasteiger partial charge in [0.25, 0.3) is 0 Å². The van der Waals surface area contributed by atoms with Gasteiger partial charge in [-0.05, 0) is 44.0 Å². The third-order valence-corrected chi connectivity index (χ3v) is 5.01. The molecule has 0 fully saturated rings. The molecule has 1 aromatic carbocycles. The van der Waals surface area contributed by atoms with Crippen molar-refractivity contribution in [1.29, 1.82) is 0 Å². The topological polar surface area (TPSA) is 57.6 Å². The number of aliphatic hydroxyl groups excluding tert-OH is 1. The van der Waals surface area contributed by atoms with Gasteiger partial charge in [0, 0.05) is 13.1 Å². The summed E-state index contributed by atoms with van der Waals surface area (Å²) < 4.78 is 25.6. The van der Waals surface area contributed by atoms with E-state index >= 15 is 0 Å². The molecule has 5 heteroatoms. The summed E-state index contributed by atoms with van der Waals surface area (Å²) in [5.74, 6) is 0. The molecule has 96 valence electrons. The molecule has 17 heavy (non-hydrogen) atoms. The Bertz CT molecular complexity index is 496. The Morgan fingerprint density at radius 1 is 1.29 bits per heavy atom. The lowest BCUT2D eigenvalue weighted by atomic mass is 10.1. The largest absolute Gasteiger partial charge is 0.395 e. The monoisotopic (exact) mass is 257 g/mol. The van der Waals surface area contributed by atoms with E-state index in [-0.39, 0.29) is 11.5 Å². The van der Waals surface area contributed by atoms with Crippen LogP contribution in [0.25, 0.3) is 0 Å². The lowest BCUT2D eigenvalue weighted by Crippen LogP contribution is -2.37. The van der Waals surface area contributed by atoms with Crippen LogP contribution in [0.2, 0.25) is 0 Å². The third kappa shape index (κ3) is 2.86. The van der Waals surface area contributed by atoms with E-state index in [1.165, 1.54) is 11.4 Å². The highest BCUT2D eigenvalue weighted by molar-refractivity contribution is 7.89. The highest BCUT2D eigenvalue weighted by Gasteiger charge is 2.24. The number of rotatable bonds is 4. The number of hydrogen-bond donors (Lipinski definition) is 1. The van der Waals surface area contributed by atoms with Crippen LogP contribution < -0.4 is 0 Å². The first-order chi connectivity index (χ1) is 7.80. The normalized spacial score (nSPS) is 14.0. The third-order valence-electron chi connectivity index (χ3n) is 3.04. The van der Waals surface area contributed by atoms with E-state index in [4.69, 9.17) is 5.11 Å². The Kier molecular flexibility index (Phi) is 4.30. The van der Waals surface area contributed by atoms with Gasteiger partial charge in [0.05, 0.1) is 11.5 Å². The number of benzene rings is 1. The molecule has 0 spiro atoms. The van der Waals surface area contributed by atoms with Crippen molar-refractivity contribution in [2.75, 3.05) is 13.7 Å². The number of sulfonamides is 1. The van der Waals surface area contributed by atoms with Crippen LogP contribution in [0.15, 0.2) is 23.1 Å². The molecule has 0 radical (unpaired) electrons. The summed E-state index contributed by atoms with van der Waals surface area (Å²) in [6.45, 7) is 5.29. The molecular formula is C12H19NO3S. The van der Waals surface area contributed by atoms with Gasteiger partial charge in [-0.3, -0.25) is 0 Å². The standard InChI is InChI=1S/C12H19NO3S/c1-9-5-6-12(7-10(9)2)17(15,16)13(4)11(3)8-14/h5-7,11,14H,8H2,1-4H3. The number of aryl methyl sites for hydroxylation is 2. The van der Waals surface area contributed by atoms with E-state index in [0.717, 1.165) is 11.1 Å². The average molecular weight is 257 g/mol. The SMILES string of the molecule is Cc1ccc(S(=O)(=O)N(C)C(C)CO)cc1C. The Balaban J connectivity index is 3.17. The van der Waals surface area contributed by atoms with Gasteiger partial charge in [0.1, 0.15) is 0 Å². The van der Waals surface area contributed by atoms with E-state index in [0.29, 0.717) is 0 Å². The molecule has 0 aliphatic rings. The minimum Gasteiger partial charge on any atom is -0.395 e. The highest BCUT2D eigenvalue weighted by atomic mass is 32.2. The van der Waals surface area contributed by atoms with Gasteiger partial charge >= 0.3 is 0 Å². The molecule has 0 saturated heterocycles. The quantitative estimate of drug-likeness (QED) is 0.884. The van der Waals surface area contributed by atoms with Gasteiger partial charge in [-0.25, -0.2) is 8.42 Å². The van der Waals surface area contributed by atoms with Crippen molar-refractivity contribution in [1.82, 2.24) is 4.31 Å². The second-order valence-corrected chi connectivity index (χ2v) is 6.30. The molecule has 0 aliphatic carbocycles. The Labute approximate surface area is 103 Å². The molecule has 4 nitrogen and oxygen atoms in total. The molecule has 0 saturated carbocycles. The van der Waals surface area contributed by atoms with Gasteiger partial charge in [-0.15, -0.1) is 0 Å². The molecule has 1 aromatic rings. The summed E-state index contributed by atoms with van der Waals surface area (Å²) in [6.07, 6.45) is 0. The number of likely N-dealkylation sites (N-methyl/N-ethyl adjacent to an activating group) is 1. The molecule has 0 amide bonds. The van der Waals surface area contributed by atoms with Crippen LogP contribution in [0.3, 0.4) is 0 Å². The van der Waals surface area contributed by atoms with E-state index in [2.05, 4.69) is 0 Å². The van der Waals surface area contributed by atoms with Gasteiger partial charge in [0.2, 0.25) is 10.0 Å². The summed E-state index contributed by atoms with van der Waals surface area (Å²) >= 11 is 0. The Morgan fingerprint density at radius 3 is 2.35 bits per heavy atom. The zero-order valence-electron chi connectivity index (χ0n) is 10.6. The fourth-order valence-corrected chi connectivity index (χ4v) is 2.83. The van der Waals surface area contributed by atoms with Crippen molar-refractivity contribution in [3.05, 3.63) is 29.3 Å². The fraction of sp³-hybridized carbons (Fsp3) is 0.500. The molecule has 0 aliphatic heterocycles. The summed E-state index contributed by atoms with van der Waals surface area (Å²) in [7, 11) is -2.04. The second kappa shape index (κ2) is 5.16. The van der Waals surface area contributed by atoms with Crippen LogP contribution in [0.1, 0.15) is 18.1 Å². The van der Waals surface area contributed by atoms with Crippen LogP contribution >= 0.6 is 0 Å². The lowest BCUT2D eigenvalue weighted by molar-refractivity contribution is 0.214. The van der Waals surface area contributed by atoms with Crippen LogP contribution in [-0.2, 0) is 10.0 Å². The molecule has 1 N–H and O–H groups in total. The summed E-state index contributed by atoms with van der Waals surface area (Å²) in [6, 6.07) is 4.62. The minimum atomic E-state index is -3.52. The van der Waals surface area contributed by atoms with E-state index in [9.17, 15) is 8.42 Å². The van der Waals surface area contributed by atoms with Crippen LogP contribution in [0.5, 0.6) is 0 Å². The van der Waals surface area contributed by atoms with Crippen molar-refractivity contribution in [2.45, 2.75) is 31.7 Å². The van der Waals surface area contributed by atoms with Gasteiger partial charge in [0.15, 0.2) is 0 Å². The first-order valence-corrected chi connectivity index (χ1v) is 6.91. The first kappa shape index (κ1) is 14.2. The Hall–Kier alpha value is -0.910. The summed E-state index contributed by atoms with van der Waals surface area (Å²) in [5, 5.41) is 9.01. The number of nitrogens with zero attached hydrogens (tertiary/aromatic N) is 1. The van der Waals surface area contributed by atoms with Gasteiger partial charge < -0.3 is 5.11 Å². The summed E-state index contributed by atoms with van der Waals surface area (Å²) in [5.41, 5.74) is 2.00. The zero-order chi connectivity index (χ0) is 13.2. The van der Waals surface area contributed by atoms with Crippen molar-refractivity contribution in [3.8, 4) is 0 Å². The molecule has 0 heterocycles. The van der Waals surface area contributed by atoms with Crippen molar-refractivity contribution >= 4 is 10.0 Å². The van der Waals surface area contributed by atoms with Crippen molar-refractivity contribution in [2.24, 2.45) is 0 Å². The maximum Gasteiger partial charge on any atom is 0.243 e. The van der Waals surface area contributed by atoms with Crippen LogP contribution in [-0.4, -0.2) is 37.5 Å². The van der Waals surface area contributed by atoms with Gasteiger partial charge in [-0.2, -0.15) is 4.31 Å². The van der Waals surface area contributed by atoms with Gasteiger partial charge in [-0.1, -0.05) is 6.07 Å². The average Bonchev–Trinajstić information content (AvgIpc) is 2.30.